The highest BCUT2D eigenvalue weighted by Crippen LogP contribution is 2.43. The van der Waals surface area contributed by atoms with E-state index in [0.717, 1.165) is 38.5 Å². The largest absolute Gasteiger partial charge is 0.472 e. The van der Waals surface area contributed by atoms with Gasteiger partial charge in [-0.05, 0) is 32.1 Å². The molecule has 0 aliphatic carbocycles. The van der Waals surface area contributed by atoms with Crippen LogP contribution in [0.15, 0.2) is 37.0 Å². The molecule has 3 atom stereocenters. The number of rotatable bonds is 40. The molecule has 0 radical (unpaired) electrons. The Morgan fingerprint density at radius 2 is 1.13 bits per heavy atom. The van der Waals surface area contributed by atoms with Crippen molar-refractivity contribution in [2.75, 3.05) is 26.4 Å². The van der Waals surface area contributed by atoms with Crippen LogP contribution in [0.25, 0.3) is 0 Å². The predicted molar refractivity (Wildman–Crippen MR) is 214 cm³/mol. The van der Waals surface area contributed by atoms with Crippen LogP contribution in [0, 0.1) is 0 Å². The first-order valence-electron chi connectivity index (χ1n) is 20.9. The molecule has 0 heterocycles. The van der Waals surface area contributed by atoms with E-state index in [0.29, 0.717) is 6.42 Å². The number of unbranched alkanes of at least 4 members (excludes halogenated alkanes) is 24. The molecule has 0 spiro atoms. The predicted octanol–water partition coefficient (Wildman–Crippen LogP) is 10.8. The summed E-state index contributed by atoms with van der Waals surface area (Å²) < 4.78 is 32.5. The Labute approximate surface area is 322 Å². The standard InChI is InChI=1S/C42H77O10P/c1-3-5-7-9-11-13-15-17-19-21-23-25-27-29-31-33-41(45)49-37-40(38-51-53(47,48)50-36-39(44)35-43)52-42(46)34-32-30-28-26-24-22-20-18-16-14-12-10-8-6-4-2/h3,28,30,32,34,39-40,43-44H,1,4-27,29,31,33,35-38H2,2H3,(H,47,48)/b30-28+,34-32+/t39-,40+/m0/s1. The van der Waals surface area contributed by atoms with Gasteiger partial charge in [-0.1, -0.05) is 166 Å². The summed E-state index contributed by atoms with van der Waals surface area (Å²) in [5.41, 5.74) is 0. The number of carbonyl (C=O) groups excluding carboxylic acids is 2. The summed E-state index contributed by atoms with van der Waals surface area (Å²) in [6.45, 7) is 3.78. The van der Waals surface area contributed by atoms with Gasteiger partial charge in [-0.3, -0.25) is 13.8 Å². The second kappa shape index (κ2) is 38.5. The Hall–Kier alpha value is -1.81. The van der Waals surface area contributed by atoms with E-state index >= 15 is 0 Å². The monoisotopic (exact) mass is 773 g/mol. The third kappa shape index (κ3) is 38.3. The molecular weight excluding hydrogens is 695 g/mol. The highest BCUT2D eigenvalue weighted by Gasteiger charge is 2.26. The number of phosphoric ester groups is 1. The molecule has 0 bridgehead atoms. The van der Waals surface area contributed by atoms with Gasteiger partial charge in [-0.15, -0.1) is 6.58 Å². The van der Waals surface area contributed by atoms with E-state index in [1.54, 1.807) is 12.2 Å². The third-order valence-electron chi connectivity index (χ3n) is 9.02. The summed E-state index contributed by atoms with van der Waals surface area (Å²) in [6, 6.07) is 0. The molecule has 0 saturated carbocycles. The second-order valence-electron chi connectivity index (χ2n) is 14.2. The van der Waals surface area contributed by atoms with E-state index in [1.165, 1.54) is 128 Å². The van der Waals surface area contributed by atoms with Gasteiger partial charge in [0.25, 0.3) is 0 Å². The van der Waals surface area contributed by atoms with Crippen molar-refractivity contribution < 1.29 is 47.8 Å². The molecule has 310 valence electrons. The Morgan fingerprint density at radius 1 is 0.660 bits per heavy atom. The number of aliphatic hydroxyl groups is 2. The first kappa shape index (κ1) is 51.2. The lowest BCUT2D eigenvalue weighted by Gasteiger charge is -2.19. The number of hydrogen-bond acceptors (Lipinski definition) is 9. The van der Waals surface area contributed by atoms with Crippen LogP contribution in [-0.4, -0.2) is 65.7 Å². The number of allylic oxidation sites excluding steroid dienone is 4. The third-order valence-corrected chi connectivity index (χ3v) is 9.97. The van der Waals surface area contributed by atoms with Gasteiger partial charge in [-0.2, -0.15) is 0 Å². The number of hydrogen-bond donors (Lipinski definition) is 3. The topological polar surface area (TPSA) is 149 Å². The summed E-state index contributed by atoms with van der Waals surface area (Å²) in [6.07, 6.45) is 37.8. The fourth-order valence-corrected chi connectivity index (χ4v) is 6.55. The maximum atomic E-state index is 12.5. The molecule has 0 aromatic rings. The van der Waals surface area contributed by atoms with Gasteiger partial charge in [0.05, 0.1) is 19.8 Å². The van der Waals surface area contributed by atoms with Crippen LogP contribution in [0.4, 0.5) is 0 Å². The Bertz CT molecular complexity index is 970. The number of phosphoric acid groups is 1. The average Bonchev–Trinajstić information content (AvgIpc) is 3.14. The average molecular weight is 773 g/mol. The van der Waals surface area contributed by atoms with Crippen LogP contribution in [0.3, 0.4) is 0 Å². The molecule has 1 unspecified atom stereocenters. The minimum absolute atomic E-state index is 0.221. The molecule has 0 aliphatic rings. The van der Waals surface area contributed by atoms with Crippen molar-refractivity contribution in [3.05, 3.63) is 37.0 Å². The van der Waals surface area contributed by atoms with Crippen LogP contribution < -0.4 is 0 Å². The molecule has 3 N–H and O–H groups in total. The zero-order valence-corrected chi connectivity index (χ0v) is 34.2. The van der Waals surface area contributed by atoms with E-state index in [-0.39, 0.29) is 13.0 Å². The van der Waals surface area contributed by atoms with Crippen LogP contribution >= 0.6 is 7.82 Å². The van der Waals surface area contributed by atoms with Gasteiger partial charge in [0.15, 0.2) is 6.10 Å². The normalized spacial score (nSPS) is 14.0. The van der Waals surface area contributed by atoms with Crippen LogP contribution in [0.5, 0.6) is 0 Å². The summed E-state index contributed by atoms with van der Waals surface area (Å²) in [7, 11) is -4.64. The van der Waals surface area contributed by atoms with E-state index in [9.17, 15) is 24.2 Å². The van der Waals surface area contributed by atoms with Gasteiger partial charge in [-0.25, -0.2) is 9.36 Å². The van der Waals surface area contributed by atoms with Crippen molar-refractivity contribution in [2.45, 2.75) is 192 Å². The Balaban J connectivity index is 4.39. The smallest absolute Gasteiger partial charge is 0.462 e. The van der Waals surface area contributed by atoms with E-state index in [1.807, 2.05) is 12.2 Å². The lowest BCUT2D eigenvalue weighted by Crippen LogP contribution is -2.29. The van der Waals surface area contributed by atoms with E-state index in [4.69, 9.17) is 19.1 Å². The molecule has 53 heavy (non-hydrogen) atoms. The number of ether oxygens (including phenoxy) is 2. The van der Waals surface area contributed by atoms with Crippen LogP contribution in [0.1, 0.15) is 180 Å². The van der Waals surface area contributed by atoms with Gasteiger partial charge >= 0.3 is 19.8 Å². The lowest BCUT2D eigenvalue weighted by atomic mass is 10.0. The van der Waals surface area contributed by atoms with E-state index in [2.05, 4.69) is 18.0 Å². The minimum Gasteiger partial charge on any atom is -0.462 e. The molecule has 0 aliphatic heterocycles. The Kier molecular flexibility index (Phi) is 37.2. The quantitative estimate of drug-likeness (QED) is 0.0137. The van der Waals surface area contributed by atoms with Gasteiger partial charge in [0.1, 0.15) is 12.7 Å². The van der Waals surface area contributed by atoms with Crippen LogP contribution in [0.2, 0.25) is 0 Å². The Morgan fingerprint density at radius 3 is 1.64 bits per heavy atom. The molecule has 0 aromatic carbocycles. The molecule has 0 aromatic heterocycles. The highest BCUT2D eigenvalue weighted by atomic mass is 31.2. The lowest BCUT2D eigenvalue weighted by molar-refractivity contribution is -0.157. The van der Waals surface area contributed by atoms with Crippen molar-refractivity contribution in [2.24, 2.45) is 0 Å². The van der Waals surface area contributed by atoms with E-state index < -0.39 is 51.8 Å². The van der Waals surface area contributed by atoms with Crippen molar-refractivity contribution in [1.29, 1.82) is 0 Å². The number of carbonyl (C=O) groups is 2. The summed E-state index contributed by atoms with van der Waals surface area (Å²) in [4.78, 5) is 34.8. The van der Waals surface area contributed by atoms with Gasteiger partial charge in [0, 0.05) is 12.5 Å². The highest BCUT2D eigenvalue weighted by molar-refractivity contribution is 7.47. The molecule has 11 heteroatoms. The van der Waals surface area contributed by atoms with Crippen molar-refractivity contribution >= 4 is 19.8 Å². The maximum absolute atomic E-state index is 12.5. The fourth-order valence-electron chi connectivity index (χ4n) is 5.76. The molecule has 0 rings (SSSR count). The van der Waals surface area contributed by atoms with Gasteiger partial charge in [0.2, 0.25) is 0 Å². The molecule has 0 saturated heterocycles. The molecule has 0 amide bonds. The summed E-state index contributed by atoms with van der Waals surface area (Å²) >= 11 is 0. The zero-order valence-electron chi connectivity index (χ0n) is 33.3. The molecule has 10 nitrogen and oxygen atoms in total. The number of aliphatic hydroxyl groups excluding tert-OH is 2. The molecular formula is C42H77O10P. The SMILES string of the molecule is C=CCCCCCCCCCCCCCCCC(=O)OC[C@H](COP(=O)(O)OC[C@@H](O)CO)OC(=O)/C=C/C=C/CCCCCCCCCCCCC. The summed E-state index contributed by atoms with van der Waals surface area (Å²) in [5.74, 6) is -1.18. The van der Waals surface area contributed by atoms with Crippen molar-refractivity contribution in [3.8, 4) is 0 Å². The van der Waals surface area contributed by atoms with Gasteiger partial charge < -0.3 is 24.6 Å². The zero-order chi connectivity index (χ0) is 39.1. The summed E-state index contributed by atoms with van der Waals surface area (Å²) in [5, 5.41) is 18.3. The van der Waals surface area contributed by atoms with Crippen molar-refractivity contribution in [1.82, 2.24) is 0 Å². The van der Waals surface area contributed by atoms with Crippen LogP contribution in [-0.2, 0) is 32.7 Å². The minimum atomic E-state index is -4.64. The second-order valence-corrected chi connectivity index (χ2v) is 15.6. The fraction of sp³-hybridized carbons (Fsp3) is 0.810. The first-order valence-corrected chi connectivity index (χ1v) is 22.4. The van der Waals surface area contributed by atoms with Crippen molar-refractivity contribution in [3.63, 3.8) is 0 Å². The molecule has 0 fully saturated rings. The number of esters is 2. The first-order chi connectivity index (χ1) is 25.7. The maximum Gasteiger partial charge on any atom is 0.472 e.